The molecule has 0 atom stereocenters. The van der Waals surface area contributed by atoms with Crippen LogP contribution in [-0.2, 0) is 5.41 Å². The molecule has 0 aliphatic rings. The molecule has 0 radical (unpaired) electrons. The van der Waals surface area contributed by atoms with Crippen LogP contribution in [0.15, 0.2) is 36.5 Å². The van der Waals surface area contributed by atoms with Gasteiger partial charge in [-0.25, -0.2) is 4.98 Å². The van der Waals surface area contributed by atoms with Crippen LogP contribution in [0.1, 0.15) is 25.0 Å². The van der Waals surface area contributed by atoms with E-state index in [4.69, 9.17) is 11.1 Å². The van der Waals surface area contributed by atoms with Gasteiger partial charge in [-0.3, -0.25) is 0 Å². The number of nitrogen functional groups attached to an aromatic ring is 1. The molecule has 0 bridgehead atoms. The van der Waals surface area contributed by atoms with Gasteiger partial charge in [0.2, 0.25) is 0 Å². The highest BCUT2D eigenvalue weighted by molar-refractivity contribution is 5.93. The van der Waals surface area contributed by atoms with Gasteiger partial charge < -0.3 is 11.1 Å². The van der Waals surface area contributed by atoms with Crippen LogP contribution in [0.4, 0.5) is 5.82 Å². The molecule has 1 heterocycles. The van der Waals surface area contributed by atoms with Crippen molar-refractivity contribution in [3.63, 3.8) is 0 Å². The molecule has 3 N–H and O–H groups in total. The normalized spacial score (nSPS) is 10.8. The number of benzene rings is 1. The second-order valence-corrected chi connectivity index (χ2v) is 5.12. The molecule has 2 rings (SSSR count). The van der Waals surface area contributed by atoms with Crippen LogP contribution in [0.2, 0.25) is 0 Å². The summed E-state index contributed by atoms with van der Waals surface area (Å²) in [5.41, 5.74) is 8.56. The minimum Gasteiger partial charge on any atom is -0.383 e. The lowest BCUT2D eigenvalue weighted by atomic mass is 9.84. The summed E-state index contributed by atoms with van der Waals surface area (Å²) in [4.78, 5) is 4.00. The first-order valence-corrected chi connectivity index (χ1v) is 6.26. The van der Waals surface area contributed by atoms with Crippen molar-refractivity contribution in [2.75, 3.05) is 5.73 Å². The number of anilines is 1. The standard InChI is InChI=1S/C16H16N4/c1-16(2,10-18)12-5-3-4-11(8-12)13-6-7-20-15(19)14(13)9-17/h3-9,17H,1-2H3,(H2,19,20). The van der Waals surface area contributed by atoms with Gasteiger partial charge in [0.1, 0.15) is 5.82 Å². The van der Waals surface area contributed by atoms with E-state index in [-0.39, 0.29) is 0 Å². The Morgan fingerprint density at radius 3 is 2.75 bits per heavy atom. The highest BCUT2D eigenvalue weighted by Crippen LogP contribution is 2.30. The SMILES string of the molecule is CC(C)(C#N)c1cccc(-c2ccnc(N)c2C=N)c1. The van der Waals surface area contributed by atoms with E-state index in [1.165, 1.54) is 6.21 Å². The molecule has 2 aromatic rings. The summed E-state index contributed by atoms with van der Waals surface area (Å²) in [6.07, 6.45) is 2.83. The van der Waals surface area contributed by atoms with Gasteiger partial charge in [0, 0.05) is 18.0 Å². The topological polar surface area (TPSA) is 86.6 Å². The third kappa shape index (κ3) is 2.39. The van der Waals surface area contributed by atoms with Crippen LogP contribution in [-0.4, -0.2) is 11.2 Å². The Kier molecular flexibility index (Phi) is 3.53. The monoisotopic (exact) mass is 264 g/mol. The molecule has 1 aromatic carbocycles. The first-order chi connectivity index (χ1) is 9.49. The van der Waals surface area contributed by atoms with Crippen LogP contribution in [0.25, 0.3) is 11.1 Å². The second kappa shape index (κ2) is 5.14. The summed E-state index contributed by atoms with van der Waals surface area (Å²) >= 11 is 0. The van der Waals surface area contributed by atoms with E-state index in [1.54, 1.807) is 6.20 Å². The quantitative estimate of drug-likeness (QED) is 0.835. The minimum absolute atomic E-state index is 0.336. The van der Waals surface area contributed by atoms with Crippen LogP contribution < -0.4 is 5.73 Å². The van der Waals surface area contributed by atoms with Gasteiger partial charge in [-0.1, -0.05) is 18.2 Å². The van der Waals surface area contributed by atoms with Crippen LogP contribution in [0.5, 0.6) is 0 Å². The number of nitrogens with one attached hydrogen (secondary N) is 1. The molecule has 4 heteroatoms. The molecule has 0 aliphatic carbocycles. The summed E-state index contributed by atoms with van der Waals surface area (Å²) in [6, 6.07) is 11.9. The van der Waals surface area contributed by atoms with E-state index in [1.807, 2.05) is 44.2 Å². The van der Waals surface area contributed by atoms with Crippen LogP contribution in [0, 0.1) is 16.7 Å². The van der Waals surface area contributed by atoms with Gasteiger partial charge in [0.25, 0.3) is 0 Å². The molecule has 1 aromatic heterocycles. The number of hydrogen-bond donors (Lipinski definition) is 2. The zero-order chi connectivity index (χ0) is 14.8. The predicted molar refractivity (Wildman–Crippen MR) is 80.6 cm³/mol. The van der Waals surface area contributed by atoms with Gasteiger partial charge >= 0.3 is 0 Å². The minimum atomic E-state index is -0.556. The summed E-state index contributed by atoms with van der Waals surface area (Å²) in [6.45, 7) is 3.76. The number of pyridine rings is 1. The maximum atomic E-state index is 9.24. The largest absolute Gasteiger partial charge is 0.383 e. The van der Waals surface area contributed by atoms with Gasteiger partial charge in [0.05, 0.1) is 11.5 Å². The fraction of sp³-hybridized carbons (Fsp3) is 0.188. The molecule has 0 unspecified atom stereocenters. The Balaban J connectivity index is 2.61. The fourth-order valence-electron chi connectivity index (χ4n) is 2.03. The molecule has 0 saturated carbocycles. The number of rotatable bonds is 3. The molecule has 20 heavy (non-hydrogen) atoms. The number of nitriles is 1. The van der Waals surface area contributed by atoms with Crippen LogP contribution >= 0.6 is 0 Å². The number of hydrogen-bond acceptors (Lipinski definition) is 4. The first-order valence-electron chi connectivity index (χ1n) is 6.26. The predicted octanol–water partition coefficient (Wildman–Crippen LogP) is 3.13. The van der Waals surface area contributed by atoms with Gasteiger partial charge in [-0.15, -0.1) is 0 Å². The summed E-state index contributed by atoms with van der Waals surface area (Å²) in [5.74, 6) is 0.336. The highest BCUT2D eigenvalue weighted by atomic mass is 14.8. The highest BCUT2D eigenvalue weighted by Gasteiger charge is 2.20. The van der Waals surface area contributed by atoms with Crippen LogP contribution in [0.3, 0.4) is 0 Å². The third-order valence-corrected chi connectivity index (χ3v) is 3.34. The molecular formula is C16H16N4. The van der Waals surface area contributed by atoms with Crippen molar-refractivity contribution in [3.05, 3.63) is 47.7 Å². The van der Waals surface area contributed by atoms with Gasteiger partial charge in [-0.2, -0.15) is 5.26 Å². The Labute approximate surface area is 118 Å². The zero-order valence-corrected chi connectivity index (χ0v) is 11.5. The maximum Gasteiger partial charge on any atom is 0.132 e. The molecule has 0 spiro atoms. The number of nitrogens with zero attached hydrogens (tertiary/aromatic N) is 2. The van der Waals surface area contributed by atoms with Crippen molar-refractivity contribution in [2.45, 2.75) is 19.3 Å². The average Bonchev–Trinajstić information content (AvgIpc) is 2.47. The molecule has 100 valence electrons. The summed E-state index contributed by atoms with van der Waals surface area (Å²) in [7, 11) is 0. The lowest BCUT2D eigenvalue weighted by molar-refractivity contribution is 0.687. The average molecular weight is 264 g/mol. The van der Waals surface area contributed by atoms with Crippen molar-refractivity contribution in [3.8, 4) is 17.2 Å². The molecule has 0 saturated heterocycles. The maximum absolute atomic E-state index is 9.24. The number of aromatic nitrogens is 1. The van der Waals surface area contributed by atoms with Crippen molar-refractivity contribution in [2.24, 2.45) is 0 Å². The summed E-state index contributed by atoms with van der Waals surface area (Å²) < 4.78 is 0. The molecule has 0 amide bonds. The van der Waals surface area contributed by atoms with Crippen molar-refractivity contribution in [1.29, 1.82) is 10.7 Å². The van der Waals surface area contributed by atoms with Gasteiger partial charge in [-0.05, 0) is 42.7 Å². The fourth-order valence-corrected chi connectivity index (χ4v) is 2.03. The molecule has 4 nitrogen and oxygen atoms in total. The van der Waals surface area contributed by atoms with Gasteiger partial charge in [0.15, 0.2) is 0 Å². The molecule has 0 aliphatic heterocycles. The second-order valence-electron chi connectivity index (χ2n) is 5.12. The number of nitrogens with two attached hydrogens (primary N) is 1. The van der Waals surface area contributed by atoms with E-state index in [2.05, 4.69) is 11.1 Å². The third-order valence-electron chi connectivity index (χ3n) is 3.34. The van der Waals surface area contributed by atoms with E-state index in [0.29, 0.717) is 11.4 Å². The Hall–Kier alpha value is -2.67. The lowest BCUT2D eigenvalue weighted by Crippen LogP contribution is -2.13. The van der Waals surface area contributed by atoms with Crippen molar-refractivity contribution < 1.29 is 0 Å². The zero-order valence-electron chi connectivity index (χ0n) is 11.5. The van der Waals surface area contributed by atoms with E-state index in [0.717, 1.165) is 16.7 Å². The Morgan fingerprint density at radius 2 is 2.10 bits per heavy atom. The van der Waals surface area contributed by atoms with Crippen molar-refractivity contribution >= 4 is 12.0 Å². The molecule has 0 fully saturated rings. The summed E-state index contributed by atoms with van der Waals surface area (Å²) in [5, 5.41) is 16.7. The smallest absolute Gasteiger partial charge is 0.132 e. The first kappa shape index (κ1) is 13.8. The molecular weight excluding hydrogens is 248 g/mol. The Bertz CT molecular complexity index is 696. The van der Waals surface area contributed by atoms with E-state index in [9.17, 15) is 5.26 Å². The van der Waals surface area contributed by atoms with E-state index >= 15 is 0 Å². The Morgan fingerprint density at radius 1 is 1.35 bits per heavy atom. The van der Waals surface area contributed by atoms with E-state index < -0.39 is 5.41 Å². The van der Waals surface area contributed by atoms with Crippen molar-refractivity contribution in [1.82, 2.24) is 4.98 Å². The lowest BCUT2D eigenvalue weighted by Gasteiger charge is -2.17.